The summed E-state index contributed by atoms with van der Waals surface area (Å²) in [5.41, 5.74) is 10.3. The number of benzene rings is 6. The second-order valence-electron chi connectivity index (χ2n) is 11.7. The maximum absolute atomic E-state index is 6.41. The summed E-state index contributed by atoms with van der Waals surface area (Å²) >= 11 is 0. The number of hydrogen-bond donors (Lipinski definition) is 0. The van der Waals surface area contributed by atoms with Crippen LogP contribution in [0.15, 0.2) is 150 Å². The number of nitrogens with zero attached hydrogens (tertiary/aromatic N) is 4. The first kappa shape index (κ1) is 24.4. The highest BCUT2D eigenvalue weighted by molar-refractivity contribution is 6.10. The van der Waals surface area contributed by atoms with Crippen LogP contribution < -0.4 is 0 Å². The summed E-state index contributed by atoms with van der Waals surface area (Å²) in [5, 5.41) is 4.96. The largest absolute Gasteiger partial charge is 0.406 e. The maximum atomic E-state index is 6.41. The molecule has 0 aliphatic rings. The molecule has 0 amide bonds. The van der Waals surface area contributed by atoms with Crippen LogP contribution >= 0.6 is 0 Å². The third-order valence-electron chi connectivity index (χ3n) is 9.11. The standard InChI is InChI=1S/C40H26N4O/c1-5-16-34-29(12-1)30-13-2-6-17-35(30)43(34)28-11-9-10-26(23-28)22-27-20-21-33-38(24-27)42-25-39(45-40(42)41-33)44-36-18-7-3-14-31(36)32-15-4-8-19-37(32)44/h1-21,23-25H,22H2. The Balaban J connectivity index is 1.06. The molecule has 0 N–H and O–H groups in total. The Morgan fingerprint density at radius 2 is 1.04 bits per heavy atom. The van der Waals surface area contributed by atoms with E-state index in [4.69, 9.17) is 9.40 Å². The molecule has 4 aromatic heterocycles. The van der Waals surface area contributed by atoms with Crippen LogP contribution in [0.25, 0.3) is 72.1 Å². The van der Waals surface area contributed by atoms with Gasteiger partial charge in [-0.1, -0.05) is 91.0 Å². The maximum Gasteiger partial charge on any atom is 0.308 e. The lowest BCUT2D eigenvalue weighted by atomic mass is 10.0. The van der Waals surface area contributed by atoms with E-state index in [0.29, 0.717) is 5.84 Å². The molecule has 10 aromatic rings. The Kier molecular flexibility index (Phi) is 4.99. The Labute approximate surface area is 257 Å². The van der Waals surface area contributed by atoms with Gasteiger partial charge in [0.05, 0.1) is 39.3 Å². The summed E-state index contributed by atoms with van der Waals surface area (Å²) in [6.07, 6.45) is 2.88. The minimum atomic E-state index is 0.590. The molecule has 5 nitrogen and oxygen atoms in total. The first-order valence-corrected chi connectivity index (χ1v) is 15.3. The molecule has 212 valence electrons. The first-order valence-electron chi connectivity index (χ1n) is 15.3. The first-order chi connectivity index (χ1) is 22.3. The van der Waals surface area contributed by atoms with Gasteiger partial charge in [0.2, 0.25) is 5.88 Å². The third-order valence-corrected chi connectivity index (χ3v) is 9.11. The molecular weight excluding hydrogens is 552 g/mol. The highest BCUT2D eigenvalue weighted by Crippen LogP contribution is 2.34. The smallest absolute Gasteiger partial charge is 0.308 e. The number of fused-ring (bicyclic) bond motifs is 9. The summed E-state index contributed by atoms with van der Waals surface area (Å²) in [6, 6.07) is 49.7. The average molecular weight is 579 g/mol. The number of rotatable bonds is 4. The molecule has 5 heteroatoms. The van der Waals surface area contributed by atoms with Crippen molar-refractivity contribution in [2.75, 3.05) is 0 Å². The van der Waals surface area contributed by atoms with Gasteiger partial charge in [-0.2, -0.15) is 4.98 Å². The van der Waals surface area contributed by atoms with Crippen molar-refractivity contribution in [1.82, 2.24) is 18.5 Å². The van der Waals surface area contributed by atoms with E-state index in [-0.39, 0.29) is 0 Å². The van der Waals surface area contributed by atoms with Crippen LogP contribution in [0.2, 0.25) is 0 Å². The molecule has 0 saturated carbocycles. The van der Waals surface area contributed by atoms with Crippen LogP contribution in [0.1, 0.15) is 11.1 Å². The van der Waals surface area contributed by atoms with Gasteiger partial charge in [0.15, 0.2) is 0 Å². The Morgan fingerprint density at radius 1 is 0.489 bits per heavy atom. The second kappa shape index (κ2) is 9.21. The van der Waals surface area contributed by atoms with E-state index in [2.05, 4.69) is 159 Å². The van der Waals surface area contributed by atoms with Crippen LogP contribution in [0.3, 0.4) is 0 Å². The number of para-hydroxylation sites is 4. The van der Waals surface area contributed by atoms with Crippen molar-refractivity contribution in [3.63, 3.8) is 0 Å². The van der Waals surface area contributed by atoms with Crippen molar-refractivity contribution >= 4 is 60.5 Å². The predicted octanol–water partition coefficient (Wildman–Crippen LogP) is 9.87. The lowest BCUT2D eigenvalue weighted by molar-refractivity contribution is 0.574. The van der Waals surface area contributed by atoms with Crippen LogP contribution in [0.5, 0.6) is 0 Å². The molecule has 0 aliphatic carbocycles. The zero-order valence-corrected chi connectivity index (χ0v) is 24.3. The molecule has 0 spiro atoms. The van der Waals surface area contributed by atoms with Gasteiger partial charge in [-0.25, -0.2) is 0 Å². The fourth-order valence-electron chi connectivity index (χ4n) is 7.16. The van der Waals surface area contributed by atoms with Crippen LogP contribution in [0.4, 0.5) is 0 Å². The number of oxazole rings is 1. The van der Waals surface area contributed by atoms with Crippen molar-refractivity contribution < 1.29 is 4.42 Å². The van der Waals surface area contributed by atoms with E-state index in [0.717, 1.165) is 34.4 Å². The molecule has 0 radical (unpaired) electrons. The van der Waals surface area contributed by atoms with Crippen LogP contribution in [0, 0.1) is 0 Å². The van der Waals surface area contributed by atoms with E-state index in [1.807, 2.05) is 0 Å². The second-order valence-corrected chi connectivity index (χ2v) is 11.7. The molecule has 0 saturated heterocycles. The van der Waals surface area contributed by atoms with Gasteiger partial charge in [0.1, 0.15) is 0 Å². The van der Waals surface area contributed by atoms with Crippen molar-refractivity contribution in [3.05, 3.63) is 157 Å². The highest BCUT2D eigenvalue weighted by atomic mass is 16.4. The number of aromatic nitrogens is 4. The molecule has 0 fully saturated rings. The van der Waals surface area contributed by atoms with Crippen molar-refractivity contribution in [2.24, 2.45) is 0 Å². The Hall–Kier alpha value is -6.07. The van der Waals surface area contributed by atoms with Crippen molar-refractivity contribution in [3.8, 4) is 11.6 Å². The Bertz CT molecular complexity index is 2650. The molecule has 0 unspecified atom stereocenters. The molecular formula is C40H26N4O. The van der Waals surface area contributed by atoms with Crippen molar-refractivity contribution in [1.29, 1.82) is 0 Å². The topological polar surface area (TPSA) is 40.3 Å². The predicted molar refractivity (Wildman–Crippen MR) is 183 cm³/mol. The summed E-state index contributed by atoms with van der Waals surface area (Å²) in [5.74, 6) is 1.34. The zero-order chi connectivity index (χ0) is 29.5. The molecule has 4 heterocycles. The van der Waals surface area contributed by atoms with Crippen molar-refractivity contribution in [2.45, 2.75) is 6.42 Å². The zero-order valence-electron chi connectivity index (χ0n) is 24.3. The van der Waals surface area contributed by atoms with Crippen LogP contribution in [-0.4, -0.2) is 18.5 Å². The van der Waals surface area contributed by atoms with E-state index >= 15 is 0 Å². The normalized spacial score (nSPS) is 12.1. The van der Waals surface area contributed by atoms with E-state index < -0.39 is 0 Å². The molecule has 45 heavy (non-hydrogen) atoms. The number of imidazole rings is 1. The van der Waals surface area contributed by atoms with Gasteiger partial charge in [-0.15, -0.1) is 0 Å². The average Bonchev–Trinajstić information content (AvgIpc) is 3.82. The van der Waals surface area contributed by atoms with E-state index in [1.165, 1.54) is 49.4 Å². The molecule has 0 atom stereocenters. The summed E-state index contributed by atoms with van der Waals surface area (Å²) < 4.78 is 13.1. The lowest BCUT2D eigenvalue weighted by Crippen LogP contribution is -1.96. The minimum absolute atomic E-state index is 0.590. The molecule has 6 aromatic carbocycles. The summed E-state index contributed by atoms with van der Waals surface area (Å²) in [7, 11) is 0. The number of hydrogen-bond acceptors (Lipinski definition) is 2. The highest BCUT2D eigenvalue weighted by Gasteiger charge is 2.18. The summed E-state index contributed by atoms with van der Waals surface area (Å²) in [6.45, 7) is 0. The molecule has 10 rings (SSSR count). The minimum Gasteiger partial charge on any atom is -0.406 e. The van der Waals surface area contributed by atoms with Gasteiger partial charge >= 0.3 is 5.84 Å². The monoisotopic (exact) mass is 578 g/mol. The van der Waals surface area contributed by atoms with Gasteiger partial charge in [0.25, 0.3) is 0 Å². The van der Waals surface area contributed by atoms with E-state index in [1.54, 1.807) is 0 Å². The molecule has 0 bridgehead atoms. The summed E-state index contributed by atoms with van der Waals surface area (Å²) in [4.78, 5) is 4.84. The third kappa shape index (κ3) is 3.58. The fourth-order valence-corrected chi connectivity index (χ4v) is 7.16. The van der Waals surface area contributed by atoms with Gasteiger partial charge in [-0.05, 0) is 66.1 Å². The van der Waals surface area contributed by atoms with Gasteiger partial charge in [-0.3, -0.25) is 8.97 Å². The lowest BCUT2D eigenvalue weighted by Gasteiger charge is -2.10. The van der Waals surface area contributed by atoms with Gasteiger partial charge < -0.3 is 8.98 Å². The SMILES string of the molecule is c1cc(Cc2ccc3nc4oc(-n5c6ccccc6c6ccccc65)cn4c3c2)cc(-n2c3ccccc3c3ccccc32)c1. The fraction of sp³-hybridized carbons (Fsp3) is 0.0250. The van der Waals surface area contributed by atoms with Crippen LogP contribution in [-0.2, 0) is 6.42 Å². The van der Waals surface area contributed by atoms with Gasteiger partial charge in [0, 0.05) is 27.2 Å². The molecule has 0 aliphatic heterocycles. The Morgan fingerprint density at radius 3 is 1.67 bits per heavy atom. The quantitative estimate of drug-likeness (QED) is 0.209. The van der Waals surface area contributed by atoms with E-state index in [9.17, 15) is 0 Å².